The van der Waals surface area contributed by atoms with Gasteiger partial charge in [0.1, 0.15) is 30.7 Å². The van der Waals surface area contributed by atoms with Crippen molar-refractivity contribution in [3.8, 4) is 22.5 Å². The number of nitrogens with one attached hydrogen (secondary N) is 1. The average molecular weight is 873 g/mol. The number of nitrogens with zero attached hydrogens (tertiary/aromatic N) is 7. The number of esters is 2. The van der Waals surface area contributed by atoms with E-state index in [1.807, 2.05) is 55.5 Å². The number of aromatic nitrogens is 6. The van der Waals surface area contributed by atoms with Crippen LogP contribution in [0.1, 0.15) is 67.8 Å². The summed E-state index contributed by atoms with van der Waals surface area (Å²) < 4.78 is 34.7. The lowest BCUT2D eigenvalue weighted by Gasteiger charge is -2.19. The number of carbonyl (C=O) groups is 3. The van der Waals surface area contributed by atoms with Crippen LogP contribution in [0.5, 0.6) is 0 Å². The Bertz CT molecular complexity index is 2160. The van der Waals surface area contributed by atoms with E-state index in [2.05, 4.69) is 35.3 Å². The summed E-state index contributed by atoms with van der Waals surface area (Å²) in [6.45, 7) is 2.69. The van der Waals surface area contributed by atoms with Crippen LogP contribution in [0.25, 0.3) is 22.5 Å². The van der Waals surface area contributed by atoms with Gasteiger partial charge in [-0.05, 0) is 41.2 Å². The zero-order chi connectivity index (χ0) is 43.5. The third kappa shape index (κ3) is 11.6. The maximum Gasteiger partial charge on any atom is 0.511 e. The van der Waals surface area contributed by atoms with Crippen LogP contribution in [-0.2, 0) is 55.9 Å². The number of benzene rings is 2. The summed E-state index contributed by atoms with van der Waals surface area (Å²) in [6.07, 6.45) is -5.38. The molecule has 61 heavy (non-hydrogen) atoms. The molecule has 2 aliphatic heterocycles. The highest BCUT2D eigenvalue weighted by atomic mass is 35.5. The molecule has 4 unspecified atom stereocenters. The number of H-pyrrole nitrogens is 1. The molecular weight excluding hydrogens is 832 g/mol. The van der Waals surface area contributed by atoms with Gasteiger partial charge in [0.25, 0.3) is 10.2 Å². The highest BCUT2D eigenvalue weighted by Crippen LogP contribution is 2.32. The van der Waals surface area contributed by atoms with E-state index in [1.165, 1.54) is 6.92 Å². The highest BCUT2D eigenvalue weighted by Gasteiger charge is 2.51. The maximum atomic E-state index is 13.6. The number of carbonyl (C=O) groups excluding carboxylic acids is 3. The van der Waals surface area contributed by atoms with Gasteiger partial charge in [0.05, 0.1) is 13.2 Å². The Morgan fingerprint density at radius 1 is 0.967 bits per heavy atom. The molecule has 2 aromatic heterocycles. The zero-order valence-corrected chi connectivity index (χ0v) is 33.5. The summed E-state index contributed by atoms with van der Waals surface area (Å²) in [5.74, 6) is -0.541. The fraction of sp³-hybridized carbons (Fsp3) is 0.486. The first-order valence-electron chi connectivity index (χ1n) is 19.2. The Balaban J connectivity index is 1.01. The van der Waals surface area contributed by atoms with Crippen LogP contribution >= 0.6 is 11.6 Å². The smallest absolute Gasteiger partial charge is 0.457 e. The van der Waals surface area contributed by atoms with Crippen molar-refractivity contribution in [2.75, 3.05) is 19.8 Å². The number of halogens is 1. The van der Waals surface area contributed by atoms with E-state index in [-0.39, 0.29) is 49.9 Å². The van der Waals surface area contributed by atoms with E-state index in [9.17, 15) is 34.6 Å². The fourth-order valence-corrected chi connectivity index (χ4v) is 7.09. The van der Waals surface area contributed by atoms with E-state index >= 15 is 0 Å². The molecule has 326 valence electrons. The lowest BCUT2D eigenvalue weighted by atomic mass is 9.98. The molecule has 6 atom stereocenters. The SMILES string of the molecule is CCCCc1nc(Cl)c(C(=O)OC(C)OC(=O)O[C@H]2COC3C2OC[C@@H]3OC(=O)CCCC(CO[N+](=O)[O-])O[N+](=O)[O-])n1Cc1ccc(-c2ccccc2-c2nn[nH]n2)cc1. The van der Waals surface area contributed by atoms with Crippen LogP contribution in [-0.4, -0.2) is 115 Å². The molecule has 0 bridgehead atoms. The van der Waals surface area contributed by atoms with Gasteiger partial charge in [0.15, 0.2) is 23.1 Å². The molecular formula is C37H41ClN8O15. The molecule has 6 rings (SSSR count). The van der Waals surface area contributed by atoms with Gasteiger partial charge in [-0.3, -0.25) is 4.79 Å². The minimum atomic E-state index is -1.42. The zero-order valence-electron chi connectivity index (χ0n) is 32.8. The number of hydrogen-bond acceptors (Lipinski definition) is 19. The molecule has 1 N–H and O–H groups in total. The van der Waals surface area contributed by atoms with E-state index in [0.717, 1.165) is 35.1 Å². The van der Waals surface area contributed by atoms with Crippen LogP contribution < -0.4 is 0 Å². The first-order chi connectivity index (χ1) is 29.4. The Kier molecular flexibility index (Phi) is 15.0. The van der Waals surface area contributed by atoms with Crippen molar-refractivity contribution in [2.24, 2.45) is 0 Å². The quantitative estimate of drug-likeness (QED) is 0.0397. The maximum absolute atomic E-state index is 13.6. The molecule has 0 spiro atoms. The van der Waals surface area contributed by atoms with Gasteiger partial charge >= 0.3 is 18.1 Å². The second-order valence-corrected chi connectivity index (χ2v) is 14.2. The number of ether oxygens (including phenoxy) is 6. The Hall–Kier alpha value is -6.46. The van der Waals surface area contributed by atoms with Crippen molar-refractivity contribution in [3.05, 3.63) is 91.0 Å². The molecule has 0 radical (unpaired) electrons. The number of fused-ring (bicyclic) bond motifs is 1. The lowest BCUT2D eigenvalue weighted by molar-refractivity contribution is -0.790. The standard InChI is InChI=1S/C37H41ClN8O15/c1-3-4-11-29-39-34(38)31(44(29)17-22-13-15-23(16-14-22)25-9-5-6-10-26(25)35-40-42-43-41-35)36(48)57-21(2)58-37(49)60-28-20-55-32-27(19-54-33(28)32)59-30(47)12-7-8-24(61-46(52)53)18-56-45(50)51/h5-6,9-10,13-16,21,24,27-28,32-33H,3-4,7-8,11-12,17-20H2,1-2H3,(H,40,41,42,43)/t21?,24?,27-,28-,32?,33?/m0/s1. The van der Waals surface area contributed by atoms with Crippen molar-refractivity contribution in [2.45, 2.75) is 95.7 Å². The van der Waals surface area contributed by atoms with Gasteiger partial charge < -0.3 is 42.7 Å². The molecule has 2 saturated heterocycles. The normalized spacial score (nSPS) is 19.0. The third-order valence-corrected chi connectivity index (χ3v) is 9.87. The van der Waals surface area contributed by atoms with Gasteiger partial charge in [-0.25, -0.2) is 14.6 Å². The number of tetrazole rings is 1. The number of imidazole rings is 1. The Morgan fingerprint density at radius 3 is 2.33 bits per heavy atom. The molecule has 24 heteroatoms. The average Bonchev–Trinajstić information content (AvgIpc) is 4.03. The molecule has 2 fully saturated rings. The molecule has 0 amide bonds. The van der Waals surface area contributed by atoms with Crippen LogP contribution in [0.2, 0.25) is 5.15 Å². The number of unbranched alkanes of at least 4 members (excludes halogenated alkanes) is 1. The summed E-state index contributed by atoms with van der Waals surface area (Å²) in [5.41, 5.74) is 3.43. The number of hydrogen-bond donors (Lipinski definition) is 1. The summed E-state index contributed by atoms with van der Waals surface area (Å²) in [5, 5.41) is 33.2. The predicted octanol–water partition coefficient (Wildman–Crippen LogP) is 4.46. The van der Waals surface area contributed by atoms with Gasteiger partial charge in [-0.1, -0.05) is 73.5 Å². The van der Waals surface area contributed by atoms with E-state index < -0.39 is 71.7 Å². The van der Waals surface area contributed by atoms with Crippen molar-refractivity contribution in [1.82, 2.24) is 30.2 Å². The van der Waals surface area contributed by atoms with E-state index in [4.69, 9.17) is 40.0 Å². The minimum Gasteiger partial charge on any atom is -0.457 e. The van der Waals surface area contributed by atoms with Crippen molar-refractivity contribution in [1.29, 1.82) is 0 Å². The number of aryl methyl sites for hydroxylation is 1. The Morgan fingerprint density at radius 2 is 1.67 bits per heavy atom. The molecule has 0 saturated carbocycles. The lowest BCUT2D eigenvalue weighted by Crippen LogP contribution is -2.36. The second-order valence-electron chi connectivity index (χ2n) is 13.8. The van der Waals surface area contributed by atoms with E-state index in [1.54, 1.807) is 4.57 Å². The first-order valence-corrected chi connectivity index (χ1v) is 19.5. The molecule has 4 heterocycles. The minimum absolute atomic E-state index is 0.0244. The first kappa shape index (κ1) is 44.1. The molecule has 23 nitrogen and oxygen atoms in total. The number of rotatable bonds is 21. The molecule has 4 aromatic rings. The molecule has 0 aliphatic carbocycles. The van der Waals surface area contributed by atoms with Crippen LogP contribution in [0.15, 0.2) is 48.5 Å². The summed E-state index contributed by atoms with van der Waals surface area (Å²) in [4.78, 5) is 73.0. The molecule has 2 aromatic carbocycles. The third-order valence-electron chi connectivity index (χ3n) is 9.61. The van der Waals surface area contributed by atoms with Crippen LogP contribution in [0.3, 0.4) is 0 Å². The fourth-order valence-electron chi connectivity index (χ4n) is 6.82. The van der Waals surface area contributed by atoms with Gasteiger partial charge in [-0.2, -0.15) is 5.21 Å². The Labute approximate surface area is 351 Å². The largest absolute Gasteiger partial charge is 0.511 e. The second kappa shape index (κ2) is 20.7. The topological polar surface area (TPSA) is 284 Å². The summed E-state index contributed by atoms with van der Waals surface area (Å²) in [6, 6.07) is 15.4. The van der Waals surface area contributed by atoms with Crippen LogP contribution in [0.4, 0.5) is 4.79 Å². The molecule has 2 aliphatic rings. The predicted molar refractivity (Wildman–Crippen MR) is 204 cm³/mol. The van der Waals surface area contributed by atoms with E-state index in [0.29, 0.717) is 18.1 Å². The number of aromatic amines is 1. The monoisotopic (exact) mass is 872 g/mol. The van der Waals surface area contributed by atoms with Crippen LogP contribution in [0, 0.1) is 20.2 Å². The van der Waals surface area contributed by atoms with Crippen molar-refractivity contribution < 1.29 is 62.7 Å². The van der Waals surface area contributed by atoms with Gasteiger partial charge in [0.2, 0.25) is 12.1 Å². The summed E-state index contributed by atoms with van der Waals surface area (Å²) in [7, 11) is 0. The van der Waals surface area contributed by atoms with Gasteiger partial charge in [0, 0.05) is 31.9 Å². The van der Waals surface area contributed by atoms with Crippen molar-refractivity contribution in [3.63, 3.8) is 0 Å². The van der Waals surface area contributed by atoms with Gasteiger partial charge in [-0.15, -0.1) is 30.4 Å². The van der Waals surface area contributed by atoms with Crippen molar-refractivity contribution >= 4 is 29.7 Å². The summed E-state index contributed by atoms with van der Waals surface area (Å²) >= 11 is 6.54. The highest BCUT2D eigenvalue weighted by molar-refractivity contribution is 6.32.